The Hall–Kier alpha value is -1.89. The maximum Gasteiger partial charge on any atom is 0.303 e. The molecule has 0 aromatic carbocycles. The molecule has 0 aliphatic rings. The number of carbonyl (C=O) groups is 3. The lowest BCUT2D eigenvalue weighted by atomic mass is 10.1. The number of hydrogen-bond donors (Lipinski definition) is 3. The molecule has 0 unspecified atom stereocenters. The first-order valence-electron chi connectivity index (χ1n) is 13.4. The third kappa shape index (κ3) is 20.7. The zero-order chi connectivity index (χ0) is 25.5. The Kier molecular flexibility index (Phi) is 20.4. The number of hydrogen-bond acceptors (Lipinski definition) is 3. The predicted molar refractivity (Wildman–Crippen MR) is 136 cm³/mol. The third-order valence-electron chi connectivity index (χ3n) is 6.61. The van der Waals surface area contributed by atoms with Crippen LogP contribution in [0.3, 0.4) is 0 Å². The minimum absolute atomic E-state index is 0.171. The van der Waals surface area contributed by atoms with E-state index in [1.807, 2.05) is 6.08 Å². The highest BCUT2D eigenvalue weighted by molar-refractivity contribution is 5.67. The summed E-state index contributed by atoms with van der Waals surface area (Å²) in [5.74, 6) is -2.32. The second-order valence-electron chi connectivity index (χ2n) is 9.69. The molecule has 0 fully saturated rings. The fourth-order valence-corrected chi connectivity index (χ4v) is 4.64. The van der Waals surface area contributed by atoms with Gasteiger partial charge in [0.05, 0.1) is 26.2 Å². The highest BCUT2D eigenvalue weighted by atomic mass is 16.4. The van der Waals surface area contributed by atoms with E-state index < -0.39 is 17.9 Å². The Morgan fingerprint density at radius 3 is 1.12 bits per heavy atom. The lowest BCUT2D eigenvalue weighted by Crippen LogP contribution is -2.51. The summed E-state index contributed by atoms with van der Waals surface area (Å²) in [7, 11) is 0. The van der Waals surface area contributed by atoms with E-state index >= 15 is 0 Å². The monoisotopic (exact) mass is 484 g/mol. The number of carboxylic acids is 3. The molecule has 0 bridgehead atoms. The van der Waals surface area contributed by atoms with Gasteiger partial charge < -0.3 is 19.8 Å². The lowest BCUT2D eigenvalue weighted by molar-refractivity contribution is -0.929. The van der Waals surface area contributed by atoms with E-state index in [1.165, 1.54) is 44.9 Å². The maximum atomic E-state index is 10.9. The van der Waals surface area contributed by atoms with Gasteiger partial charge in [-0.3, -0.25) is 14.4 Å². The molecular weight excluding hydrogens is 434 g/mol. The van der Waals surface area contributed by atoms with Crippen molar-refractivity contribution in [3.8, 4) is 0 Å². The average molecular weight is 485 g/mol. The van der Waals surface area contributed by atoms with E-state index in [1.54, 1.807) is 0 Å². The van der Waals surface area contributed by atoms with E-state index in [-0.39, 0.29) is 19.3 Å². The number of quaternary nitrogens is 1. The molecule has 0 saturated heterocycles. The largest absolute Gasteiger partial charge is 0.481 e. The molecule has 0 aromatic rings. The van der Waals surface area contributed by atoms with Gasteiger partial charge in [0.2, 0.25) is 0 Å². The topological polar surface area (TPSA) is 112 Å². The summed E-state index contributed by atoms with van der Waals surface area (Å²) in [6.07, 6.45) is 17.8. The molecule has 7 heteroatoms. The van der Waals surface area contributed by atoms with Crippen LogP contribution in [0.5, 0.6) is 0 Å². The second kappa shape index (κ2) is 21.6. The summed E-state index contributed by atoms with van der Waals surface area (Å²) in [6, 6.07) is 0. The Balaban J connectivity index is 4.73. The Morgan fingerprint density at radius 1 is 0.500 bits per heavy atom. The number of rotatable bonds is 26. The molecule has 34 heavy (non-hydrogen) atoms. The van der Waals surface area contributed by atoms with Crippen LogP contribution in [-0.2, 0) is 14.4 Å². The van der Waals surface area contributed by atoms with Gasteiger partial charge in [0.25, 0.3) is 0 Å². The standard InChI is InChI=1S/C27H49NO6/c1-2-3-4-5-6-7-8-9-10-14-21-28(22-15-11-18-25(29)30,23-16-12-19-26(31)32)24-17-13-20-27(33)34/h2H,1,3-24H2,(H2-,29,30,31,32,33,34)/p+1. The van der Waals surface area contributed by atoms with Crippen LogP contribution in [0.1, 0.15) is 116 Å². The first-order chi connectivity index (χ1) is 16.3. The van der Waals surface area contributed by atoms with Crippen LogP contribution in [-0.4, -0.2) is 63.9 Å². The van der Waals surface area contributed by atoms with Gasteiger partial charge in [-0.1, -0.05) is 38.2 Å². The van der Waals surface area contributed by atoms with Gasteiger partial charge in [-0.15, -0.1) is 6.58 Å². The van der Waals surface area contributed by atoms with Gasteiger partial charge in [-0.2, -0.15) is 0 Å². The van der Waals surface area contributed by atoms with Crippen molar-refractivity contribution in [1.29, 1.82) is 0 Å². The first-order valence-corrected chi connectivity index (χ1v) is 13.4. The van der Waals surface area contributed by atoms with Crippen LogP contribution in [0.25, 0.3) is 0 Å². The molecule has 3 N–H and O–H groups in total. The smallest absolute Gasteiger partial charge is 0.303 e. The molecular formula is C27H50NO6+. The average Bonchev–Trinajstić information content (AvgIpc) is 2.78. The molecule has 0 amide bonds. The minimum atomic E-state index is -0.773. The van der Waals surface area contributed by atoms with Crippen LogP contribution in [0.15, 0.2) is 12.7 Å². The zero-order valence-corrected chi connectivity index (χ0v) is 21.4. The molecule has 0 spiro atoms. The summed E-state index contributed by atoms with van der Waals surface area (Å²) in [5.41, 5.74) is 0. The highest BCUT2D eigenvalue weighted by Gasteiger charge is 2.26. The Morgan fingerprint density at radius 2 is 0.794 bits per heavy atom. The zero-order valence-electron chi connectivity index (χ0n) is 21.4. The molecule has 0 aliphatic heterocycles. The number of allylic oxidation sites excluding steroid dienone is 1. The molecule has 0 heterocycles. The van der Waals surface area contributed by atoms with Crippen LogP contribution < -0.4 is 0 Å². The number of unbranched alkanes of at least 4 members (excludes halogenated alkanes) is 11. The van der Waals surface area contributed by atoms with Gasteiger partial charge in [-0.05, 0) is 64.2 Å². The van der Waals surface area contributed by atoms with Gasteiger partial charge in [-0.25, -0.2) is 0 Å². The van der Waals surface area contributed by atoms with Crippen molar-refractivity contribution in [2.45, 2.75) is 116 Å². The normalized spacial score (nSPS) is 11.4. The fourth-order valence-electron chi connectivity index (χ4n) is 4.64. The van der Waals surface area contributed by atoms with Crippen molar-refractivity contribution in [1.82, 2.24) is 0 Å². The van der Waals surface area contributed by atoms with Crippen LogP contribution >= 0.6 is 0 Å². The van der Waals surface area contributed by atoms with Gasteiger partial charge >= 0.3 is 17.9 Å². The van der Waals surface area contributed by atoms with Gasteiger partial charge in [0.15, 0.2) is 0 Å². The highest BCUT2D eigenvalue weighted by Crippen LogP contribution is 2.19. The second-order valence-corrected chi connectivity index (χ2v) is 9.69. The Bertz CT molecular complexity index is 508. The molecule has 0 saturated carbocycles. The van der Waals surface area contributed by atoms with Crippen molar-refractivity contribution in [3.05, 3.63) is 12.7 Å². The summed E-state index contributed by atoms with van der Waals surface area (Å²) < 4.78 is 0.862. The fraction of sp³-hybridized carbons (Fsp3) is 0.815. The van der Waals surface area contributed by atoms with E-state index in [2.05, 4.69) is 6.58 Å². The van der Waals surface area contributed by atoms with Gasteiger partial charge in [0, 0.05) is 19.3 Å². The lowest BCUT2D eigenvalue weighted by Gasteiger charge is -2.39. The van der Waals surface area contributed by atoms with E-state index in [0.29, 0.717) is 19.3 Å². The van der Waals surface area contributed by atoms with E-state index in [0.717, 1.165) is 62.8 Å². The van der Waals surface area contributed by atoms with Crippen molar-refractivity contribution in [2.24, 2.45) is 0 Å². The molecule has 0 radical (unpaired) electrons. The summed E-state index contributed by atoms with van der Waals surface area (Å²) >= 11 is 0. The van der Waals surface area contributed by atoms with Gasteiger partial charge in [0.1, 0.15) is 0 Å². The third-order valence-corrected chi connectivity index (χ3v) is 6.61. The molecule has 0 atom stereocenters. The van der Waals surface area contributed by atoms with Crippen molar-refractivity contribution in [3.63, 3.8) is 0 Å². The molecule has 7 nitrogen and oxygen atoms in total. The SMILES string of the molecule is C=CCCCCCCCCCC[N+](CCCCC(=O)O)(CCCCC(=O)O)CCCCC(=O)O. The van der Waals surface area contributed by atoms with Crippen molar-refractivity contribution < 1.29 is 34.2 Å². The van der Waals surface area contributed by atoms with E-state index in [9.17, 15) is 14.4 Å². The quantitative estimate of drug-likeness (QED) is 0.0758. The van der Waals surface area contributed by atoms with Crippen molar-refractivity contribution >= 4 is 17.9 Å². The van der Waals surface area contributed by atoms with Crippen LogP contribution in [0, 0.1) is 0 Å². The number of aliphatic carboxylic acids is 3. The predicted octanol–water partition coefficient (Wildman–Crippen LogP) is 6.26. The Labute approximate surface area is 206 Å². The first kappa shape index (κ1) is 32.1. The van der Waals surface area contributed by atoms with Crippen LogP contribution in [0.2, 0.25) is 0 Å². The number of carboxylic acid groups (broad SMARTS) is 3. The maximum absolute atomic E-state index is 10.9. The summed E-state index contributed by atoms with van der Waals surface area (Å²) in [5, 5.41) is 26.9. The van der Waals surface area contributed by atoms with E-state index in [4.69, 9.17) is 15.3 Å². The number of nitrogens with zero attached hydrogens (tertiary/aromatic N) is 1. The minimum Gasteiger partial charge on any atom is -0.481 e. The summed E-state index contributed by atoms with van der Waals surface area (Å²) in [4.78, 5) is 32.8. The molecule has 0 aromatic heterocycles. The summed E-state index contributed by atoms with van der Waals surface area (Å²) in [6.45, 7) is 7.43. The molecule has 198 valence electrons. The van der Waals surface area contributed by atoms with Crippen LogP contribution in [0.4, 0.5) is 0 Å². The van der Waals surface area contributed by atoms with Crippen molar-refractivity contribution in [2.75, 3.05) is 26.2 Å². The molecule has 0 aliphatic carbocycles. The molecule has 0 rings (SSSR count).